The molecule has 0 spiro atoms. The second-order valence-corrected chi connectivity index (χ2v) is 9.57. The van der Waals surface area contributed by atoms with Gasteiger partial charge in [0.15, 0.2) is 11.0 Å². The Morgan fingerprint density at radius 1 is 1.24 bits per heavy atom. The molecule has 34 heavy (non-hydrogen) atoms. The van der Waals surface area contributed by atoms with Crippen LogP contribution >= 0.6 is 11.8 Å². The zero-order valence-corrected chi connectivity index (χ0v) is 19.9. The van der Waals surface area contributed by atoms with Crippen LogP contribution in [0.2, 0.25) is 0 Å². The van der Waals surface area contributed by atoms with Crippen LogP contribution in [0.25, 0.3) is 5.70 Å². The third-order valence-electron chi connectivity index (χ3n) is 6.44. The minimum Gasteiger partial charge on any atom is -0.366 e. The molecule has 0 unspecified atom stereocenters. The lowest BCUT2D eigenvalue weighted by Gasteiger charge is -2.29. The van der Waals surface area contributed by atoms with E-state index in [1.807, 2.05) is 16.5 Å². The predicted octanol–water partition coefficient (Wildman–Crippen LogP) is 4.23. The van der Waals surface area contributed by atoms with Crippen LogP contribution in [0.4, 0.5) is 18.9 Å². The first kappa shape index (κ1) is 24.5. The van der Waals surface area contributed by atoms with Gasteiger partial charge in [0.2, 0.25) is 0 Å². The predicted molar refractivity (Wildman–Crippen MR) is 131 cm³/mol. The summed E-state index contributed by atoms with van der Waals surface area (Å²) in [6, 6.07) is 6.07. The number of alkyl halides is 3. The average molecular weight is 492 g/mol. The van der Waals surface area contributed by atoms with Crippen LogP contribution in [0.15, 0.2) is 45.6 Å². The summed E-state index contributed by atoms with van der Waals surface area (Å²) in [5.74, 6) is 1.85. The number of thioether (sulfide) groups is 1. The summed E-state index contributed by atoms with van der Waals surface area (Å²) in [6.07, 6.45) is -0.977. The minimum absolute atomic E-state index is 0.132. The number of likely N-dealkylation sites (tertiary alicyclic amines) is 1. The number of halogens is 3. The van der Waals surface area contributed by atoms with Gasteiger partial charge >= 0.3 is 6.18 Å². The molecule has 2 aliphatic heterocycles. The summed E-state index contributed by atoms with van der Waals surface area (Å²) in [7, 11) is 1.87. The molecule has 2 saturated heterocycles. The van der Waals surface area contributed by atoms with Gasteiger partial charge in [-0.15, -0.1) is 10.2 Å². The number of hydrogen-bond acceptors (Lipinski definition) is 7. The Labute approximate surface area is 201 Å². The van der Waals surface area contributed by atoms with Crippen molar-refractivity contribution in [3.8, 4) is 0 Å². The van der Waals surface area contributed by atoms with E-state index in [0.29, 0.717) is 29.7 Å². The Morgan fingerprint density at radius 3 is 2.76 bits per heavy atom. The quantitative estimate of drug-likeness (QED) is 0.299. The van der Waals surface area contributed by atoms with Crippen LogP contribution in [0.1, 0.15) is 24.2 Å². The molecule has 11 heteroatoms. The Kier molecular flexibility index (Phi) is 7.42. The van der Waals surface area contributed by atoms with Gasteiger partial charge in [-0.1, -0.05) is 23.9 Å². The molecule has 182 valence electrons. The number of aliphatic imine (C=N–C) groups is 2. The fraction of sp³-hybridized carbons (Fsp3) is 0.478. The molecule has 3 heterocycles. The Morgan fingerprint density at radius 2 is 2.03 bits per heavy atom. The van der Waals surface area contributed by atoms with E-state index >= 15 is 0 Å². The Bertz CT molecular complexity index is 1070. The molecular weight excluding hydrogens is 463 g/mol. The van der Waals surface area contributed by atoms with Gasteiger partial charge in [-0.25, -0.2) is 0 Å². The highest BCUT2D eigenvalue weighted by atomic mass is 32.2. The van der Waals surface area contributed by atoms with Crippen molar-refractivity contribution in [2.45, 2.75) is 30.2 Å². The molecule has 1 aromatic heterocycles. The largest absolute Gasteiger partial charge is 0.418 e. The van der Waals surface area contributed by atoms with E-state index in [1.165, 1.54) is 18.3 Å². The smallest absolute Gasteiger partial charge is 0.366 e. The summed E-state index contributed by atoms with van der Waals surface area (Å²) in [5, 5.41) is 9.17. The number of rotatable bonds is 9. The second kappa shape index (κ2) is 10.3. The van der Waals surface area contributed by atoms with E-state index in [-0.39, 0.29) is 6.04 Å². The maximum absolute atomic E-state index is 13.5. The number of aromatic nitrogens is 3. The maximum atomic E-state index is 13.5. The summed E-state index contributed by atoms with van der Waals surface area (Å²) in [4.78, 5) is 12.0. The minimum atomic E-state index is -4.34. The average Bonchev–Trinajstić information content (AvgIpc) is 3.49. The molecule has 0 radical (unpaired) electrons. The molecule has 0 saturated carbocycles. The van der Waals surface area contributed by atoms with Gasteiger partial charge in [0, 0.05) is 44.2 Å². The van der Waals surface area contributed by atoms with Crippen LogP contribution in [0, 0.1) is 5.92 Å². The number of fused-ring (bicyclic) bond motifs is 1. The van der Waals surface area contributed by atoms with E-state index in [2.05, 4.69) is 38.5 Å². The molecule has 2 aliphatic rings. The van der Waals surface area contributed by atoms with Crippen molar-refractivity contribution < 1.29 is 13.2 Å². The molecule has 0 N–H and O–H groups in total. The zero-order chi connectivity index (χ0) is 24.3. The van der Waals surface area contributed by atoms with Crippen LogP contribution in [-0.2, 0) is 13.2 Å². The molecule has 7 nitrogen and oxygen atoms in total. The first-order valence-electron chi connectivity index (χ1n) is 11.1. The fourth-order valence-corrected chi connectivity index (χ4v) is 5.70. The van der Waals surface area contributed by atoms with Crippen LogP contribution < -0.4 is 4.90 Å². The molecule has 2 aromatic rings. The fourth-order valence-electron chi connectivity index (χ4n) is 4.87. The summed E-state index contributed by atoms with van der Waals surface area (Å²) in [6.45, 7) is 10.3. The maximum Gasteiger partial charge on any atom is 0.418 e. The number of para-hydroxylation sites is 1. The molecule has 0 amide bonds. The van der Waals surface area contributed by atoms with Crippen molar-refractivity contribution in [1.29, 1.82) is 0 Å². The van der Waals surface area contributed by atoms with Crippen molar-refractivity contribution >= 4 is 36.6 Å². The summed E-state index contributed by atoms with van der Waals surface area (Å²) >= 11 is 1.61. The molecule has 1 aromatic carbocycles. The third kappa shape index (κ3) is 5.05. The van der Waals surface area contributed by atoms with Gasteiger partial charge in [0.1, 0.15) is 5.70 Å². The van der Waals surface area contributed by atoms with Gasteiger partial charge < -0.3 is 14.4 Å². The lowest BCUT2D eigenvalue weighted by atomic mass is 10.0. The van der Waals surface area contributed by atoms with Crippen LogP contribution in [0.5, 0.6) is 0 Å². The molecule has 2 fully saturated rings. The number of benzene rings is 1. The van der Waals surface area contributed by atoms with Crippen molar-refractivity contribution in [2.24, 2.45) is 23.0 Å². The van der Waals surface area contributed by atoms with Crippen molar-refractivity contribution in [3.63, 3.8) is 0 Å². The first-order valence-corrected chi connectivity index (χ1v) is 12.1. The zero-order valence-electron chi connectivity index (χ0n) is 19.1. The monoisotopic (exact) mass is 491 g/mol. The number of nitrogens with zero attached hydrogens (tertiary/aromatic N) is 7. The normalized spacial score (nSPS) is 21.2. The van der Waals surface area contributed by atoms with E-state index in [1.54, 1.807) is 23.9 Å². The van der Waals surface area contributed by atoms with Gasteiger partial charge in [-0.3, -0.25) is 9.98 Å². The lowest BCUT2D eigenvalue weighted by molar-refractivity contribution is -0.137. The third-order valence-corrected chi connectivity index (χ3v) is 7.55. The van der Waals surface area contributed by atoms with Gasteiger partial charge in [0.05, 0.1) is 11.8 Å². The van der Waals surface area contributed by atoms with E-state index in [0.717, 1.165) is 43.4 Å². The van der Waals surface area contributed by atoms with E-state index in [9.17, 15) is 13.2 Å². The molecule has 0 aliphatic carbocycles. The first-order chi connectivity index (χ1) is 16.3. The van der Waals surface area contributed by atoms with Gasteiger partial charge in [-0.05, 0) is 50.9 Å². The van der Waals surface area contributed by atoms with E-state index in [4.69, 9.17) is 0 Å². The number of hydrogen-bond donors (Lipinski definition) is 0. The Hall–Kier alpha value is -2.66. The molecule has 4 rings (SSSR count). The highest BCUT2D eigenvalue weighted by molar-refractivity contribution is 7.99. The highest BCUT2D eigenvalue weighted by Gasteiger charge is 2.44. The SMILES string of the molecule is C=N/C=C(\N=C)c1nnc(SCCCN2C[C@@H]3CCN(c4ccccc4C(F)(F)F)[C@@H]3C2)n1C. The highest BCUT2D eigenvalue weighted by Crippen LogP contribution is 2.41. The molecule has 2 atom stereocenters. The summed E-state index contributed by atoms with van der Waals surface area (Å²) < 4.78 is 42.4. The molecular formula is C23H28F3N7S. The molecule has 0 bridgehead atoms. The van der Waals surface area contributed by atoms with Crippen LogP contribution in [-0.4, -0.2) is 71.1 Å². The number of anilines is 1. The topological polar surface area (TPSA) is 61.9 Å². The van der Waals surface area contributed by atoms with Crippen molar-refractivity contribution in [3.05, 3.63) is 41.9 Å². The van der Waals surface area contributed by atoms with Gasteiger partial charge in [-0.2, -0.15) is 13.2 Å². The van der Waals surface area contributed by atoms with Crippen molar-refractivity contribution in [2.75, 3.05) is 36.8 Å². The van der Waals surface area contributed by atoms with Crippen molar-refractivity contribution in [1.82, 2.24) is 19.7 Å². The lowest BCUT2D eigenvalue weighted by Crippen LogP contribution is -2.36. The summed E-state index contributed by atoms with van der Waals surface area (Å²) in [5.41, 5.74) is 0.284. The van der Waals surface area contributed by atoms with Gasteiger partial charge in [0.25, 0.3) is 0 Å². The second-order valence-electron chi connectivity index (χ2n) is 8.51. The Balaban J connectivity index is 1.31. The van der Waals surface area contributed by atoms with Crippen LogP contribution in [0.3, 0.4) is 0 Å². The standard InChI is InChI=1S/C23H28F3N7S/c1-27-13-18(28-2)21-29-30-22(31(21)3)34-12-6-10-32-14-16-9-11-33(20(16)15-32)19-8-5-4-7-17(19)23(24,25)26/h4-5,7-8,13,16,20H,1-2,6,9-12,14-15H2,3H3/b18-13-/t16-,20+/m0/s1. The van der Waals surface area contributed by atoms with E-state index < -0.39 is 11.7 Å².